The zero-order valence-electron chi connectivity index (χ0n) is 9.35. The Labute approximate surface area is 92.5 Å². The maximum atomic E-state index is 12.4. The molecule has 16 heavy (non-hydrogen) atoms. The molecule has 0 aliphatic rings. The predicted octanol–water partition coefficient (Wildman–Crippen LogP) is 3.09. The molecular weight excluding hydrogens is 219 g/mol. The third-order valence-corrected chi connectivity index (χ3v) is 1.70. The molecule has 90 valence electrons. The second kappa shape index (κ2) is 6.15. The maximum Gasteiger partial charge on any atom is 0.417 e. The van der Waals surface area contributed by atoms with E-state index >= 15 is 0 Å². The number of nitrogens with one attached hydrogen (secondary N) is 1. The maximum absolute atomic E-state index is 12.4. The van der Waals surface area contributed by atoms with Gasteiger partial charge in [0, 0.05) is 7.05 Å². The fourth-order valence-electron chi connectivity index (χ4n) is 1.06. The summed E-state index contributed by atoms with van der Waals surface area (Å²) in [5.74, 6) is -0.738. The number of rotatable bonds is 1. The van der Waals surface area contributed by atoms with Crippen molar-refractivity contribution in [2.75, 3.05) is 7.05 Å². The summed E-state index contributed by atoms with van der Waals surface area (Å²) >= 11 is 0. The van der Waals surface area contributed by atoms with Crippen LogP contribution in [-0.2, 0) is 6.18 Å². The van der Waals surface area contributed by atoms with Gasteiger partial charge in [-0.1, -0.05) is 26.0 Å². The average Bonchev–Trinajstić information content (AvgIpc) is 2.29. The van der Waals surface area contributed by atoms with Crippen LogP contribution in [0.25, 0.3) is 0 Å². The minimum Gasteiger partial charge on any atom is -0.355 e. The van der Waals surface area contributed by atoms with E-state index in [1.807, 2.05) is 13.8 Å². The molecule has 0 aromatic heterocycles. The van der Waals surface area contributed by atoms with Crippen LogP contribution in [0.15, 0.2) is 24.3 Å². The van der Waals surface area contributed by atoms with Crippen LogP contribution in [0.5, 0.6) is 0 Å². The molecule has 1 N–H and O–H groups in total. The lowest BCUT2D eigenvalue weighted by molar-refractivity contribution is -0.137. The molecule has 0 aliphatic heterocycles. The van der Waals surface area contributed by atoms with E-state index in [1.54, 1.807) is 0 Å². The number of amides is 1. The second-order valence-electron chi connectivity index (χ2n) is 2.62. The van der Waals surface area contributed by atoms with Gasteiger partial charge in [-0.3, -0.25) is 4.79 Å². The molecule has 0 atom stereocenters. The fraction of sp³-hybridized carbons (Fsp3) is 0.364. The second-order valence-corrected chi connectivity index (χ2v) is 2.62. The third-order valence-electron chi connectivity index (χ3n) is 1.70. The molecule has 0 bridgehead atoms. The molecule has 0 fully saturated rings. The highest BCUT2D eigenvalue weighted by molar-refractivity contribution is 5.95. The summed E-state index contributed by atoms with van der Waals surface area (Å²) in [6.07, 6.45) is -4.50. The van der Waals surface area contributed by atoms with Crippen molar-refractivity contribution in [3.63, 3.8) is 0 Å². The van der Waals surface area contributed by atoms with Gasteiger partial charge >= 0.3 is 6.18 Å². The molecule has 0 saturated heterocycles. The van der Waals surface area contributed by atoms with E-state index in [4.69, 9.17) is 0 Å². The van der Waals surface area contributed by atoms with Crippen LogP contribution in [0.2, 0.25) is 0 Å². The lowest BCUT2D eigenvalue weighted by Crippen LogP contribution is -2.22. The van der Waals surface area contributed by atoms with Crippen molar-refractivity contribution in [3.05, 3.63) is 35.4 Å². The molecule has 0 radical (unpaired) electrons. The quantitative estimate of drug-likeness (QED) is 0.793. The standard InChI is InChI=1S/C9H8F3NO.C2H6/c1-13-8(14)6-4-2-3-5-7(6)9(10,11)12;1-2/h2-5H,1H3,(H,13,14);1-2H3. The van der Waals surface area contributed by atoms with Gasteiger partial charge in [-0.15, -0.1) is 0 Å². The van der Waals surface area contributed by atoms with E-state index in [0.29, 0.717) is 0 Å². The van der Waals surface area contributed by atoms with Crippen LogP contribution in [0, 0.1) is 0 Å². The Bertz CT molecular complexity index is 347. The van der Waals surface area contributed by atoms with Gasteiger partial charge in [0.05, 0.1) is 11.1 Å². The van der Waals surface area contributed by atoms with Gasteiger partial charge in [0.15, 0.2) is 0 Å². The van der Waals surface area contributed by atoms with Crippen LogP contribution >= 0.6 is 0 Å². The smallest absolute Gasteiger partial charge is 0.355 e. The number of hydrogen-bond donors (Lipinski definition) is 1. The van der Waals surface area contributed by atoms with Crippen LogP contribution < -0.4 is 5.32 Å². The number of halogens is 3. The summed E-state index contributed by atoms with van der Waals surface area (Å²) in [6, 6.07) is 4.65. The summed E-state index contributed by atoms with van der Waals surface area (Å²) in [5.41, 5.74) is -1.28. The van der Waals surface area contributed by atoms with Crippen molar-refractivity contribution in [2.24, 2.45) is 0 Å². The Balaban J connectivity index is 0.00000106. The van der Waals surface area contributed by atoms with Gasteiger partial charge < -0.3 is 5.32 Å². The Hall–Kier alpha value is -1.52. The number of hydrogen-bond acceptors (Lipinski definition) is 1. The summed E-state index contributed by atoms with van der Waals surface area (Å²) in [6.45, 7) is 4.00. The van der Waals surface area contributed by atoms with Gasteiger partial charge in [0.2, 0.25) is 0 Å². The van der Waals surface area contributed by atoms with Crippen molar-refractivity contribution in [1.82, 2.24) is 5.32 Å². The van der Waals surface area contributed by atoms with E-state index < -0.39 is 17.6 Å². The Kier molecular flexibility index (Phi) is 5.56. The van der Waals surface area contributed by atoms with E-state index in [-0.39, 0.29) is 5.56 Å². The van der Waals surface area contributed by atoms with E-state index in [9.17, 15) is 18.0 Å². The topological polar surface area (TPSA) is 29.1 Å². The molecule has 0 heterocycles. The Morgan fingerprint density at radius 1 is 1.19 bits per heavy atom. The lowest BCUT2D eigenvalue weighted by atomic mass is 10.1. The summed E-state index contributed by atoms with van der Waals surface area (Å²) < 4.78 is 37.1. The van der Waals surface area contributed by atoms with Crippen molar-refractivity contribution in [1.29, 1.82) is 0 Å². The van der Waals surface area contributed by atoms with E-state index in [0.717, 1.165) is 12.1 Å². The minimum atomic E-state index is -4.50. The van der Waals surface area contributed by atoms with E-state index in [2.05, 4.69) is 5.32 Å². The van der Waals surface area contributed by atoms with Crippen LogP contribution in [0.4, 0.5) is 13.2 Å². The largest absolute Gasteiger partial charge is 0.417 e. The number of benzene rings is 1. The van der Waals surface area contributed by atoms with E-state index in [1.165, 1.54) is 19.2 Å². The number of carbonyl (C=O) groups is 1. The first-order chi connectivity index (χ1) is 7.46. The molecule has 0 unspecified atom stereocenters. The number of carbonyl (C=O) groups excluding carboxylic acids is 1. The monoisotopic (exact) mass is 233 g/mol. The molecule has 0 spiro atoms. The summed E-state index contributed by atoms with van der Waals surface area (Å²) in [7, 11) is 1.29. The van der Waals surface area contributed by atoms with Gasteiger partial charge in [-0.2, -0.15) is 13.2 Å². The normalized spacial score (nSPS) is 10.1. The number of alkyl halides is 3. The van der Waals surface area contributed by atoms with Gasteiger partial charge in [0.1, 0.15) is 0 Å². The van der Waals surface area contributed by atoms with Crippen LogP contribution in [0.1, 0.15) is 29.8 Å². The van der Waals surface area contributed by atoms with Gasteiger partial charge in [-0.05, 0) is 12.1 Å². The molecule has 1 rings (SSSR count). The van der Waals surface area contributed by atoms with Gasteiger partial charge in [-0.25, -0.2) is 0 Å². The molecular formula is C11H14F3NO. The molecule has 2 nitrogen and oxygen atoms in total. The first kappa shape index (κ1) is 14.5. The lowest BCUT2D eigenvalue weighted by Gasteiger charge is -2.10. The predicted molar refractivity (Wildman–Crippen MR) is 56.2 cm³/mol. The van der Waals surface area contributed by atoms with Crippen molar-refractivity contribution < 1.29 is 18.0 Å². The zero-order chi connectivity index (χ0) is 12.8. The molecule has 0 aliphatic carbocycles. The molecule has 1 amide bonds. The highest BCUT2D eigenvalue weighted by atomic mass is 19.4. The van der Waals surface area contributed by atoms with Crippen molar-refractivity contribution in [3.8, 4) is 0 Å². The molecule has 1 aromatic rings. The SMILES string of the molecule is CC.CNC(=O)c1ccccc1C(F)(F)F. The molecule has 5 heteroatoms. The first-order valence-corrected chi connectivity index (χ1v) is 4.85. The summed E-state index contributed by atoms with van der Waals surface area (Å²) in [4.78, 5) is 11.1. The van der Waals surface area contributed by atoms with Gasteiger partial charge in [0.25, 0.3) is 5.91 Å². The van der Waals surface area contributed by atoms with Crippen LogP contribution in [-0.4, -0.2) is 13.0 Å². The minimum absolute atomic E-state index is 0.359. The zero-order valence-corrected chi connectivity index (χ0v) is 9.35. The summed E-state index contributed by atoms with van der Waals surface area (Å²) in [5, 5.41) is 2.15. The first-order valence-electron chi connectivity index (χ1n) is 4.85. The molecule has 1 aromatic carbocycles. The fourth-order valence-corrected chi connectivity index (χ4v) is 1.06. The van der Waals surface area contributed by atoms with Crippen molar-refractivity contribution >= 4 is 5.91 Å². The van der Waals surface area contributed by atoms with Crippen LogP contribution in [0.3, 0.4) is 0 Å². The Morgan fingerprint density at radius 2 is 1.69 bits per heavy atom. The highest BCUT2D eigenvalue weighted by Crippen LogP contribution is 2.31. The average molecular weight is 233 g/mol. The van der Waals surface area contributed by atoms with Crippen molar-refractivity contribution in [2.45, 2.75) is 20.0 Å². The molecule has 0 saturated carbocycles. The Morgan fingerprint density at radius 3 is 2.12 bits per heavy atom. The highest BCUT2D eigenvalue weighted by Gasteiger charge is 2.34. The third kappa shape index (κ3) is 3.56.